The van der Waals surface area contributed by atoms with E-state index in [0.717, 1.165) is 5.56 Å². The summed E-state index contributed by atoms with van der Waals surface area (Å²) >= 11 is 1.51. The maximum absolute atomic E-state index is 12.8. The van der Waals surface area contributed by atoms with Crippen molar-refractivity contribution >= 4 is 23.2 Å². The van der Waals surface area contributed by atoms with Gasteiger partial charge in [0, 0.05) is 18.8 Å². The highest BCUT2D eigenvalue weighted by Crippen LogP contribution is 2.29. The third-order valence-electron chi connectivity index (χ3n) is 4.95. The minimum atomic E-state index is -0.846. The number of aromatic nitrogens is 1. The highest BCUT2D eigenvalue weighted by atomic mass is 32.1. The highest BCUT2D eigenvalue weighted by molar-refractivity contribution is 7.07. The van der Waals surface area contributed by atoms with Gasteiger partial charge in [-0.2, -0.15) is 11.3 Å². The molecule has 0 saturated carbocycles. The number of hydrogen-bond acceptors (Lipinski definition) is 6. The van der Waals surface area contributed by atoms with E-state index in [1.54, 1.807) is 4.90 Å². The van der Waals surface area contributed by atoms with Crippen molar-refractivity contribution in [3.05, 3.63) is 50.1 Å². The SMILES string of the molecule is C[C@@H]1CCO[C@H]2Cn3cc(C(=O)NCc4ccsc4)c(=O)c(O)c3C(=O)N12. The first-order chi connectivity index (χ1) is 13.0. The van der Waals surface area contributed by atoms with Crippen LogP contribution in [-0.2, 0) is 17.8 Å². The van der Waals surface area contributed by atoms with Crippen LogP contribution in [0, 0.1) is 0 Å². The molecule has 1 fully saturated rings. The number of amides is 2. The minimum absolute atomic E-state index is 0.0481. The highest BCUT2D eigenvalue weighted by Gasteiger charge is 2.40. The standard InChI is InChI=1S/C18H19N3O5S/c1-10-2-4-26-13-8-20-7-12(17(24)19-6-11-3-5-27-9-11)15(22)16(23)14(20)18(25)21(10)13/h3,5,7,9-10,13,23H,2,4,6,8H2,1H3,(H,19,24)/t10-,13+/m1/s1. The van der Waals surface area contributed by atoms with Gasteiger partial charge in [-0.25, -0.2) is 0 Å². The van der Waals surface area contributed by atoms with Crippen LogP contribution in [0.25, 0.3) is 0 Å². The van der Waals surface area contributed by atoms with Crippen molar-refractivity contribution in [3.63, 3.8) is 0 Å². The van der Waals surface area contributed by atoms with Gasteiger partial charge < -0.3 is 24.6 Å². The van der Waals surface area contributed by atoms with Gasteiger partial charge in [-0.05, 0) is 35.7 Å². The molecule has 4 rings (SSSR count). The summed E-state index contributed by atoms with van der Waals surface area (Å²) in [6.07, 6.45) is 1.55. The number of pyridine rings is 1. The van der Waals surface area contributed by atoms with E-state index in [1.165, 1.54) is 22.1 Å². The number of nitrogens with one attached hydrogen (secondary N) is 1. The van der Waals surface area contributed by atoms with Gasteiger partial charge in [-0.3, -0.25) is 14.4 Å². The number of ether oxygens (including phenoxy) is 1. The molecule has 0 aromatic carbocycles. The maximum atomic E-state index is 12.8. The van der Waals surface area contributed by atoms with Gasteiger partial charge in [0.25, 0.3) is 11.8 Å². The van der Waals surface area contributed by atoms with Crippen LogP contribution in [0.1, 0.15) is 39.8 Å². The number of fused-ring (bicyclic) bond motifs is 2. The van der Waals surface area contributed by atoms with E-state index in [0.29, 0.717) is 13.0 Å². The van der Waals surface area contributed by atoms with Crippen LogP contribution in [-0.4, -0.2) is 45.3 Å². The molecule has 27 heavy (non-hydrogen) atoms. The molecular formula is C18H19N3O5S. The quantitative estimate of drug-likeness (QED) is 0.820. The molecule has 2 aromatic rings. The Balaban J connectivity index is 1.67. The van der Waals surface area contributed by atoms with Gasteiger partial charge in [0.1, 0.15) is 5.56 Å². The van der Waals surface area contributed by atoms with Gasteiger partial charge in [-0.15, -0.1) is 0 Å². The lowest BCUT2D eigenvalue weighted by atomic mass is 10.1. The Hall–Kier alpha value is -2.65. The molecule has 8 nitrogen and oxygen atoms in total. The molecule has 0 bridgehead atoms. The Morgan fingerprint density at radius 2 is 2.26 bits per heavy atom. The van der Waals surface area contributed by atoms with Crippen molar-refractivity contribution in [3.8, 4) is 5.75 Å². The molecule has 4 heterocycles. The fourth-order valence-corrected chi connectivity index (χ4v) is 4.16. The predicted octanol–water partition coefficient (Wildman–Crippen LogP) is 1.14. The van der Waals surface area contributed by atoms with E-state index < -0.39 is 29.2 Å². The van der Waals surface area contributed by atoms with Gasteiger partial charge in [0.05, 0.1) is 13.2 Å². The third-order valence-corrected chi connectivity index (χ3v) is 5.69. The van der Waals surface area contributed by atoms with Crippen LogP contribution in [0.3, 0.4) is 0 Å². The molecule has 2 amide bonds. The largest absolute Gasteiger partial charge is 0.503 e. The van der Waals surface area contributed by atoms with Gasteiger partial charge in [0.15, 0.2) is 17.7 Å². The third kappa shape index (κ3) is 3.02. The molecule has 0 spiro atoms. The number of hydrogen-bond donors (Lipinski definition) is 2. The van der Waals surface area contributed by atoms with E-state index in [1.807, 2.05) is 23.8 Å². The fourth-order valence-electron chi connectivity index (χ4n) is 3.49. The topological polar surface area (TPSA) is 101 Å². The molecule has 2 aliphatic rings. The molecule has 9 heteroatoms. The Bertz CT molecular complexity index is 953. The summed E-state index contributed by atoms with van der Waals surface area (Å²) < 4.78 is 7.11. The summed E-state index contributed by atoms with van der Waals surface area (Å²) in [4.78, 5) is 39.3. The second kappa shape index (κ2) is 6.82. The number of carbonyl (C=O) groups is 2. The average Bonchev–Trinajstić information content (AvgIpc) is 3.16. The number of aromatic hydroxyl groups is 1. The molecule has 2 N–H and O–H groups in total. The monoisotopic (exact) mass is 389 g/mol. The minimum Gasteiger partial charge on any atom is -0.503 e. The molecule has 2 aromatic heterocycles. The zero-order valence-electron chi connectivity index (χ0n) is 14.7. The summed E-state index contributed by atoms with van der Waals surface area (Å²) in [6, 6.07) is 1.82. The maximum Gasteiger partial charge on any atom is 0.276 e. The summed E-state index contributed by atoms with van der Waals surface area (Å²) in [6.45, 7) is 2.97. The van der Waals surface area contributed by atoms with Gasteiger partial charge in [-0.1, -0.05) is 0 Å². The second-order valence-electron chi connectivity index (χ2n) is 6.71. The van der Waals surface area contributed by atoms with E-state index in [-0.39, 0.29) is 30.4 Å². The molecule has 0 unspecified atom stereocenters. The zero-order chi connectivity index (χ0) is 19.1. The van der Waals surface area contributed by atoms with Crippen molar-refractivity contribution < 1.29 is 19.4 Å². The number of carbonyl (C=O) groups excluding carboxylic acids is 2. The molecule has 2 atom stereocenters. The summed E-state index contributed by atoms with van der Waals surface area (Å²) in [5.41, 5.74) is -0.216. The lowest BCUT2D eigenvalue weighted by Gasteiger charge is -2.44. The zero-order valence-corrected chi connectivity index (χ0v) is 15.5. The van der Waals surface area contributed by atoms with Crippen LogP contribution in [0.5, 0.6) is 5.75 Å². The number of rotatable bonds is 3. The Kier molecular flexibility index (Phi) is 4.48. The number of thiophene rings is 1. The summed E-state index contributed by atoms with van der Waals surface area (Å²) in [5, 5.41) is 16.8. The molecular weight excluding hydrogens is 370 g/mol. The average molecular weight is 389 g/mol. The van der Waals surface area contributed by atoms with Crippen LogP contribution in [0.4, 0.5) is 0 Å². The Morgan fingerprint density at radius 3 is 3.00 bits per heavy atom. The van der Waals surface area contributed by atoms with Crippen LogP contribution >= 0.6 is 11.3 Å². The van der Waals surface area contributed by atoms with Crippen molar-refractivity contribution in [1.82, 2.24) is 14.8 Å². The lowest BCUT2D eigenvalue weighted by molar-refractivity contribution is -0.112. The predicted molar refractivity (Wildman–Crippen MR) is 97.8 cm³/mol. The molecule has 2 aliphatic heterocycles. The first-order valence-corrected chi connectivity index (χ1v) is 9.61. The second-order valence-corrected chi connectivity index (χ2v) is 7.49. The fraction of sp³-hybridized carbons (Fsp3) is 0.389. The Labute approximate surface area is 159 Å². The number of nitrogens with zero attached hydrogens (tertiary/aromatic N) is 2. The van der Waals surface area contributed by atoms with Crippen molar-refractivity contribution in [2.75, 3.05) is 6.61 Å². The van der Waals surface area contributed by atoms with Gasteiger partial charge >= 0.3 is 0 Å². The van der Waals surface area contributed by atoms with Crippen molar-refractivity contribution in [2.45, 2.75) is 38.7 Å². The summed E-state index contributed by atoms with van der Waals surface area (Å²) in [5.74, 6) is -1.75. The van der Waals surface area contributed by atoms with Crippen LogP contribution in [0.15, 0.2) is 27.8 Å². The first kappa shape index (κ1) is 17.7. The first-order valence-electron chi connectivity index (χ1n) is 8.67. The van der Waals surface area contributed by atoms with E-state index in [9.17, 15) is 19.5 Å². The Morgan fingerprint density at radius 1 is 1.44 bits per heavy atom. The normalized spacial score (nSPS) is 21.5. The molecule has 1 saturated heterocycles. The molecule has 0 aliphatic carbocycles. The van der Waals surface area contributed by atoms with Crippen LogP contribution in [0.2, 0.25) is 0 Å². The van der Waals surface area contributed by atoms with E-state index in [4.69, 9.17) is 4.74 Å². The van der Waals surface area contributed by atoms with E-state index in [2.05, 4.69) is 5.32 Å². The smallest absolute Gasteiger partial charge is 0.276 e. The molecule has 0 radical (unpaired) electrons. The lowest BCUT2D eigenvalue weighted by Crippen LogP contribution is -2.57. The van der Waals surface area contributed by atoms with E-state index >= 15 is 0 Å². The summed E-state index contributed by atoms with van der Waals surface area (Å²) in [7, 11) is 0. The molecule has 142 valence electrons. The van der Waals surface area contributed by atoms with Crippen molar-refractivity contribution in [2.24, 2.45) is 0 Å². The van der Waals surface area contributed by atoms with Crippen molar-refractivity contribution in [1.29, 1.82) is 0 Å². The van der Waals surface area contributed by atoms with Gasteiger partial charge in [0.2, 0.25) is 5.43 Å². The van der Waals surface area contributed by atoms with Crippen LogP contribution < -0.4 is 10.7 Å².